The number of aryl methyl sites for hydroxylation is 1. The van der Waals surface area contributed by atoms with Crippen LogP contribution in [0.3, 0.4) is 0 Å². The third-order valence-corrected chi connectivity index (χ3v) is 6.30. The van der Waals surface area contributed by atoms with Gasteiger partial charge in [0, 0.05) is 25.3 Å². The Balaban J connectivity index is 1.91. The quantitative estimate of drug-likeness (QED) is 0.544. The Bertz CT molecular complexity index is 1150. The highest BCUT2D eigenvalue weighted by molar-refractivity contribution is 7.90. The SMILES string of the molecule is Cc1nc([C@@](C)(CS(C)(=O)=O)c2ccc3c(c2N)Cc2ccccc2-3)no1. The van der Waals surface area contributed by atoms with Gasteiger partial charge in [0.1, 0.15) is 9.84 Å². The van der Waals surface area contributed by atoms with Crippen LogP contribution >= 0.6 is 0 Å². The molecule has 1 aliphatic rings. The first-order chi connectivity index (χ1) is 12.7. The molecule has 27 heavy (non-hydrogen) atoms. The van der Waals surface area contributed by atoms with Crippen LogP contribution in [0, 0.1) is 6.92 Å². The minimum atomic E-state index is -3.33. The molecule has 0 spiro atoms. The van der Waals surface area contributed by atoms with Gasteiger partial charge in [-0.3, -0.25) is 0 Å². The van der Waals surface area contributed by atoms with Crippen molar-refractivity contribution in [1.29, 1.82) is 0 Å². The molecule has 4 rings (SSSR count). The van der Waals surface area contributed by atoms with E-state index in [0.29, 0.717) is 23.0 Å². The zero-order chi connectivity index (χ0) is 19.4. The highest BCUT2D eigenvalue weighted by Crippen LogP contribution is 2.44. The van der Waals surface area contributed by atoms with Gasteiger partial charge in [0.05, 0.1) is 11.2 Å². The Morgan fingerprint density at radius 1 is 1.19 bits per heavy atom. The van der Waals surface area contributed by atoms with Crippen LogP contribution in [-0.2, 0) is 21.7 Å². The van der Waals surface area contributed by atoms with E-state index in [1.165, 1.54) is 17.4 Å². The smallest absolute Gasteiger partial charge is 0.223 e. The van der Waals surface area contributed by atoms with E-state index < -0.39 is 15.3 Å². The van der Waals surface area contributed by atoms with Crippen LogP contribution in [0.5, 0.6) is 0 Å². The summed E-state index contributed by atoms with van der Waals surface area (Å²) in [5, 5.41) is 4.02. The van der Waals surface area contributed by atoms with Crippen molar-refractivity contribution in [3.05, 3.63) is 64.8 Å². The third-order valence-electron chi connectivity index (χ3n) is 5.20. The molecule has 0 unspecified atom stereocenters. The van der Waals surface area contributed by atoms with Gasteiger partial charge in [0.15, 0.2) is 5.82 Å². The van der Waals surface area contributed by atoms with E-state index >= 15 is 0 Å². The molecule has 1 aromatic heterocycles. The van der Waals surface area contributed by atoms with Crippen LogP contribution < -0.4 is 5.73 Å². The number of hydrogen-bond donors (Lipinski definition) is 1. The summed E-state index contributed by atoms with van der Waals surface area (Å²) in [6.07, 6.45) is 1.93. The first-order valence-corrected chi connectivity index (χ1v) is 10.7. The van der Waals surface area contributed by atoms with Gasteiger partial charge in [-0.25, -0.2) is 8.42 Å². The van der Waals surface area contributed by atoms with E-state index in [1.54, 1.807) is 13.8 Å². The Morgan fingerprint density at radius 3 is 2.59 bits per heavy atom. The van der Waals surface area contributed by atoms with Crippen molar-refractivity contribution in [3.63, 3.8) is 0 Å². The first kappa shape index (κ1) is 17.7. The molecule has 3 aromatic rings. The summed E-state index contributed by atoms with van der Waals surface area (Å²) in [5.41, 5.74) is 11.4. The van der Waals surface area contributed by atoms with E-state index in [1.807, 2.05) is 24.3 Å². The fourth-order valence-corrected chi connectivity index (χ4v) is 5.36. The number of rotatable bonds is 4. The number of aromatic nitrogens is 2. The third kappa shape index (κ3) is 2.92. The van der Waals surface area contributed by atoms with Crippen molar-refractivity contribution >= 4 is 15.5 Å². The van der Waals surface area contributed by atoms with Gasteiger partial charge in [-0.2, -0.15) is 4.98 Å². The Morgan fingerprint density at radius 2 is 1.93 bits per heavy atom. The van der Waals surface area contributed by atoms with Crippen LogP contribution in [0.2, 0.25) is 0 Å². The lowest BCUT2D eigenvalue weighted by Crippen LogP contribution is -2.34. The largest absolute Gasteiger partial charge is 0.398 e. The van der Waals surface area contributed by atoms with Gasteiger partial charge in [0.25, 0.3) is 0 Å². The zero-order valence-corrected chi connectivity index (χ0v) is 16.3. The second-order valence-electron chi connectivity index (χ2n) is 7.43. The fourth-order valence-electron chi connectivity index (χ4n) is 4.03. The Hall–Kier alpha value is -2.67. The summed E-state index contributed by atoms with van der Waals surface area (Å²) in [6.45, 7) is 3.48. The molecular formula is C20H21N3O3S. The van der Waals surface area contributed by atoms with Crippen LogP contribution in [0.15, 0.2) is 40.9 Å². The summed E-state index contributed by atoms with van der Waals surface area (Å²) in [6, 6.07) is 12.1. The zero-order valence-electron chi connectivity index (χ0n) is 15.5. The van der Waals surface area contributed by atoms with Crippen molar-refractivity contribution in [3.8, 4) is 11.1 Å². The second kappa shape index (κ2) is 5.92. The average Bonchev–Trinajstić information content (AvgIpc) is 3.18. The summed E-state index contributed by atoms with van der Waals surface area (Å²) in [4.78, 5) is 4.32. The summed E-state index contributed by atoms with van der Waals surface area (Å²) in [5.74, 6) is 0.555. The highest BCUT2D eigenvalue weighted by atomic mass is 32.2. The van der Waals surface area contributed by atoms with Crippen molar-refractivity contribution < 1.29 is 12.9 Å². The molecule has 140 valence electrons. The molecule has 0 aliphatic heterocycles. The molecule has 0 fully saturated rings. The minimum Gasteiger partial charge on any atom is -0.398 e. The van der Waals surface area contributed by atoms with Crippen molar-refractivity contribution in [2.75, 3.05) is 17.7 Å². The van der Waals surface area contributed by atoms with Crippen molar-refractivity contribution in [1.82, 2.24) is 10.1 Å². The summed E-state index contributed by atoms with van der Waals surface area (Å²) < 4.78 is 29.5. The number of hydrogen-bond acceptors (Lipinski definition) is 6. The monoisotopic (exact) mass is 383 g/mol. The normalized spacial score (nSPS) is 15.2. The highest BCUT2D eigenvalue weighted by Gasteiger charge is 2.40. The molecule has 0 bridgehead atoms. The standard InChI is InChI=1S/C20H21N3O3S/c1-12-22-19(23-26-12)20(2,11-27(3,24)25)17-9-8-15-14-7-5-4-6-13(14)10-16(15)18(17)21/h4-9H,10-11,21H2,1-3H3/t20-/m0/s1. The Kier molecular flexibility index (Phi) is 3.89. The number of nitrogens with two attached hydrogens (primary N) is 1. The summed E-state index contributed by atoms with van der Waals surface area (Å²) in [7, 11) is -3.33. The lowest BCUT2D eigenvalue weighted by Gasteiger charge is -2.28. The van der Waals surface area contributed by atoms with Gasteiger partial charge in [0.2, 0.25) is 5.89 Å². The number of nitrogens with zero attached hydrogens (tertiary/aromatic N) is 2. The molecule has 0 amide bonds. The van der Waals surface area contributed by atoms with E-state index in [2.05, 4.69) is 22.3 Å². The van der Waals surface area contributed by atoms with Crippen molar-refractivity contribution in [2.45, 2.75) is 25.7 Å². The number of anilines is 1. The van der Waals surface area contributed by atoms with Gasteiger partial charge in [-0.05, 0) is 34.7 Å². The maximum Gasteiger partial charge on any atom is 0.223 e. The molecular weight excluding hydrogens is 362 g/mol. The molecule has 0 saturated carbocycles. The lowest BCUT2D eigenvalue weighted by atomic mass is 9.80. The topological polar surface area (TPSA) is 99.1 Å². The van der Waals surface area contributed by atoms with E-state index in [-0.39, 0.29) is 5.75 Å². The van der Waals surface area contributed by atoms with E-state index in [4.69, 9.17) is 10.3 Å². The molecule has 1 atom stereocenters. The van der Waals surface area contributed by atoms with Gasteiger partial charge in [-0.1, -0.05) is 41.6 Å². The number of nitrogen functional groups attached to an aromatic ring is 1. The predicted molar refractivity (Wildman–Crippen MR) is 104 cm³/mol. The van der Waals surface area contributed by atoms with Crippen molar-refractivity contribution in [2.24, 2.45) is 0 Å². The predicted octanol–water partition coefficient (Wildman–Crippen LogP) is 2.88. The van der Waals surface area contributed by atoms with Crippen LogP contribution in [0.1, 0.15) is 35.3 Å². The van der Waals surface area contributed by atoms with Crippen LogP contribution in [0.25, 0.3) is 11.1 Å². The average molecular weight is 383 g/mol. The molecule has 7 heteroatoms. The number of benzene rings is 2. The van der Waals surface area contributed by atoms with Gasteiger partial charge in [-0.15, -0.1) is 0 Å². The number of fused-ring (bicyclic) bond motifs is 3. The maximum absolute atomic E-state index is 12.2. The molecule has 2 N–H and O–H groups in total. The summed E-state index contributed by atoms with van der Waals surface area (Å²) >= 11 is 0. The molecule has 0 radical (unpaired) electrons. The fraction of sp³-hybridized carbons (Fsp3) is 0.300. The molecule has 2 aromatic carbocycles. The Labute approximate surface area is 158 Å². The molecule has 1 aliphatic carbocycles. The lowest BCUT2D eigenvalue weighted by molar-refractivity contribution is 0.378. The molecule has 0 saturated heterocycles. The van der Waals surface area contributed by atoms with E-state index in [0.717, 1.165) is 17.5 Å². The van der Waals surface area contributed by atoms with E-state index in [9.17, 15) is 8.42 Å². The maximum atomic E-state index is 12.2. The second-order valence-corrected chi connectivity index (χ2v) is 9.57. The van der Waals surface area contributed by atoms with Gasteiger partial charge >= 0.3 is 0 Å². The number of sulfone groups is 1. The first-order valence-electron chi connectivity index (χ1n) is 8.68. The van der Waals surface area contributed by atoms with Gasteiger partial charge < -0.3 is 10.3 Å². The molecule has 1 heterocycles. The van der Waals surface area contributed by atoms with Crippen LogP contribution in [0.4, 0.5) is 5.69 Å². The minimum absolute atomic E-state index is 0.158. The molecule has 6 nitrogen and oxygen atoms in total. The van der Waals surface area contributed by atoms with Crippen LogP contribution in [-0.4, -0.2) is 30.6 Å².